The molecular formula is C13H13NO3. The molecule has 17 heavy (non-hydrogen) atoms. The first kappa shape index (κ1) is 11.4. The highest BCUT2D eigenvalue weighted by molar-refractivity contribution is 5.31. The predicted molar refractivity (Wildman–Crippen MR) is 62.8 cm³/mol. The van der Waals surface area contributed by atoms with Crippen LogP contribution >= 0.6 is 0 Å². The van der Waals surface area contributed by atoms with E-state index in [1.807, 2.05) is 0 Å². The quantitative estimate of drug-likeness (QED) is 0.843. The number of nitrogens with zero attached hydrogens (tertiary/aromatic N) is 1. The first-order chi connectivity index (χ1) is 8.25. The van der Waals surface area contributed by atoms with Crippen molar-refractivity contribution >= 4 is 0 Å². The van der Waals surface area contributed by atoms with Gasteiger partial charge in [0.2, 0.25) is 0 Å². The normalized spacial score (nSPS) is 12.1. The monoisotopic (exact) mass is 231 g/mol. The van der Waals surface area contributed by atoms with Gasteiger partial charge in [-0.1, -0.05) is 12.1 Å². The molecule has 4 heteroatoms. The van der Waals surface area contributed by atoms with Gasteiger partial charge < -0.3 is 14.9 Å². The lowest BCUT2D eigenvalue weighted by Crippen LogP contribution is -2.09. The van der Waals surface area contributed by atoms with Crippen LogP contribution in [0.4, 0.5) is 0 Å². The van der Waals surface area contributed by atoms with Crippen LogP contribution < -0.4 is 4.74 Å². The number of benzene rings is 1. The van der Waals surface area contributed by atoms with E-state index in [1.54, 1.807) is 42.7 Å². The molecule has 0 fully saturated rings. The van der Waals surface area contributed by atoms with Crippen LogP contribution in [0.2, 0.25) is 0 Å². The smallest absolute Gasteiger partial charge is 0.123 e. The summed E-state index contributed by atoms with van der Waals surface area (Å²) in [5.41, 5.74) is 0.702. The average Bonchev–Trinajstić information content (AvgIpc) is 2.37. The van der Waals surface area contributed by atoms with Crippen LogP contribution in [-0.2, 0) is 0 Å². The number of rotatable bonds is 4. The van der Waals surface area contributed by atoms with Crippen LogP contribution in [0, 0.1) is 0 Å². The Morgan fingerprint density at radius 1 is 1.24 bits per heavy atom. The molecule has 1 aromatic carbocycles. The first-order valence-electron chi connectivity index (χ1n) is 5.25. The molecule has 2 rings (SSSR count). The van der Waals surface area contributed by atoms with Crippen molar-refractivity contribution in [2.75, 3.05) is 6.61 Å². The minimum atomic E-state index is -0.731. The number of hydrogen-bond acceptors (Lipinski definition) is 4. The van der Waals surface area contributed by atoms with E-state index in [1.165, 1.54) is 6.07 Å². The van der Waals surface area contributed by atoms with Gasteiger partial charge >= 0.3 is 0 Å². The standard InChI is InChI=1S/C13H13NO3/c15-11-4-1-5-12(7-11)17-9-13(16)10-3-2-6-14-8-10/h1-8,13,15-16H,9H2. The number of ether oxygens (including phenoxy) is 1. The molecule has 1 heterocycles. The van der Waals surface area contributed by atoms with Gasteiger partial charge in [0.25, 0.3) is 0 Å². The van der Waals surface area contributed by atoms with Crippen molar-refractivity contribution < 1.29 is 14.9 Å². The highest BCUT2D eigenvalue weighted by Gasteiger charge is 2.08. The van der Waals surface area contributed by atoms with Crippen molar-refractivity contribution in [1.82, 2.24) is 4.98 Å². The summed E-state index contributed by atoms with van der Waals surface area (Å²) < 4.78 is 5.37. The van der Waals surface area contributed by atoms with E-state index in [0.717, 1.165) is 0 Å². The summed E-state index contributed by atoms with van der Waals surface area (Å²) in [5.74, 6) is 0.659. The van der Waals surface area contributed by atoms with E-state index in [0.29, 0.717) is 11.3 Å². The number of hydrogen-bond donors (Lipinski definition) is 2. The number of phenols is 1. The number of aliphatic hydroxyl groups excluding tert-OH is 1. The van der Waals surface area contributed by atoms with Crippen molar-refractivity contribution in [3.63, 3.8) is 0 Å². The fourth-order valence-corrected chi connectivity index (χ4v) is 1.42. The van der Waals surface area contributed by atoms with Gasteiger partial charge in [-0.25, -0.2) is 0 Å². The van der Waals surface area contributed by atoms with E-state index in [-0.39, 0.29) is 12.4 Å². The molecule has 88 valence electrons. The van der Waals surface area contributed by atoms with Crippen LogP contribution in [0.3, 0.4) is 0 Å². The fourth-order valence-electron chi connectivity index (χ4n) is 1.42. The Labute approximate surface area is 99.1 Å². The molecule has 2 aromatic rings. The highest BCUT2D eigenvalue weighted by atomic mass is 16.5. The Balaban J connectivity index is 1.95. The fraction of sp³-hybridized carbons (Fsp3) is 0.154. The summed E-state index contributed by atoms with van der Waals surface area (Å²) in [4.78, 5) is 3.92. The summed E-state index contributed by atoms with van der Waals surface area (Å²) in [5, 5.41) is 19.1. The summed E-state index contributed by atoms with van der Waals surface area (Å²) >= 11 is 0. The summed E-state index contributed by atoms with van der Waals surface area (Å²) in [7, 11) is 0. The van der Waals surface area contributed by atoms with Crippen LogP contribution in [-0.4, -0.2) is 21.8 Å². The largest absolute Gasteiger partial charge is 0.508 e. The zero-order valence-electron chi connectivity index (χ0n) is 9.15. The van der Waals surface area contributed by atoms with Crippen molar-refractivity contribution in [2.24, 2.45) is 0 Å². The van der Waals surface area contributed by atoms with Gasteiger partial charge in [-0.05, 0) is 18.2 Å². The van der Waals surface area contributed by atoms with Crippen LogP contribution in [0.25, 0.3) is 0 Å². The summed E-state index contributed by atoms with van der Waals surface area (Å²) in [6.07, 6.45) is 2.51. The van der Waals surface area contributed by atoms with Crippen LogP contribution in [0.1, 0.15) is 11.7 Å². The zero-order valence-corrected chi connectivity index (χ0v) is 9.15. The van der Waals surface area contributed by atoms with Gasteiger partial charge in [0.15, 0.2) is 0 Å². The molecule has 2 N–H and O–H groups in total. The lowest BCUT2D eigenvalue weighted by Gasteiger charge is -2.12. The van der Waals surface area contributed by atoms with Crippen molar-refractivity contribution in [3.05, 3.63) is 54.4 Å². The maximum absolute atomic E-state index is 9.82. The Bertz CT molecular complexity index is 473. The lowest BCUT2D eigenvalue weighted by atomic mass is 10.2. The minimum Gasteiger partial charge on any atom is -0.508 e. The molecule has 1 unspecified atom stereocenters. The maximum atomic E-state index is 9.82. The molecule has 0 saturated carbocycles. The van der Waals surface area contributed by atoms with Gasteiger partial charge in [-0.15, -0.1) is 0 Å². The molecule has 0 spiro atoms. The van der Waals surface area contributed by atoms with Crippen LogP contribution in [0.15, 0.2) is 48.8 Å². The van der Waals surface area contributed by atoms with Gasteiger partial charge in [0, 0.05) is 24.0 Å². The Kier molecular flexibility index (Phi) is 3.57. The number of aliphatic hydroxyl groups is 1. The highest BCUT2D eigenvalue weighted by Crippen LogP contribution is 2.19. The minimum absolute atomic E-state index is 0.120. The molecular weight excluding hydrogens is 218 g/mol. The second kappa shape index (κ2) is 5.32. The summed E-state index contributed by atoms with van der Waals surface area (Å²) in [6.45, 7) is 0.120. The number of aromatic hydroxyl groups is 1. The van der Waals surface area contributed by atoms with Crippen LogP contribution in [0.5, 0.6) is 11.5 Å². The predicted octanol–water partition coefficient (Wildman–Crippen LogP) is 1.90. The van der Waals surface area contributed by atoms with E-state index in [9.17, 15) is 10.2 Å². The molecule has 0 aliphatic carbocycles. The van der Waals surface area contributed by atoms with Crippen molar-refractivity contribution in [2.45, 2.75) is 6.10 Å². The van der Waals surface area contributed by atoms with E-state index in [2.05, 4.69) is 4.98 Å². The second-order valence-electron chi connectivity index (χ2n) is 3.61. The number of pyridine rings is 1. The van der Waals surface area contributed by atoms with E-state index in [4.69, 9.17) is 4.74 Å². The molecule has 0 amide bonds. The average molecular weight is 231 g/mol. The Morgan fingerprint density at radius 2 is 2.12 bits per heavy atom. The molecule has 0 aliphatic heterocycles. The van der Waals surface area contributed by atoms with Gasteiger partial charge in [0.05, 0.1) is 0 Å². The van der Waals surface area contributed by atoms with Crippen molar-refractivity contribution in [3.8, 4) is 11.5 Å². The topological polar surface area (TPSA) is 62.6 Å². The van der Waals surface area contributed by atoms with Gasteiger partial charge in [0.1, 0.15) is 24.2 Å². The molecule has 1 aromatic heterocycles. The SMILES string of the molecule is Oc1cccc(OCC(O)c2cccnc2)c1. The Hall–Kier alpha value is -2.07. The third-order valence-corrected chi connectivity index (χ3v) is 2.29. The molecule has 1 atom stereocenters. The second-order valence-corrected chi connectivity index (χ2v) is 3.61. The zero-order chi connectivity index (χ0) is 12.1. The number of aromatic nitrogens is 1. The third-order valence-electron chi connectivity index (χ3n) is 2.29. The lowest BCUT2D eigenvalue weighted by molar-refractivity contribution is 0.108. The molecule has 0 saturated heterocycles. The van der Waals surface area contributed by atoms with Crippen molar-refractivity contribution in [1.29, 1.82) is 0 Å². The van der Waals surface area contributed by atoms with E-state index < -0.39 is 6.10 Å². The Morgan fingerprint density at radius 3 is 2.82 bits per heavy atom. The van der Waals surface area contributed by atoms with Gasteiger partial charge in [-0.3, -0.25) is 4.98 Å². The first-order valence-corrected chi connectivity index (χ1v) is 5.25. The van der Waals surface area contributed by atoms with E-state index >= 15 is 0 Å². The molecule has 0 radical (unpaired) electrons. The third kappa shape index (κ3) is 3.19. The molecule has 0 bridgehead atoms. The maximum Gasteiger partial charge on any atom is 0.123 e. The molecule has 0 aliphatic rings. The number of phenolic OH excluding ortho intramolecular Hbond substituents is 1. The molecule has 4 nitrogen and oxygen atoms in total. The van der Waals surface area contributed by atoms with Gasteiger partial charge in [-0.2, -0.15) is 0 Å². The summed E-state index contributed by atoms with van der Waals surface area (Å²) in [6, 6.07) is 9.99.